The summed E-state index contributed by atoms with van der Waals surface area (Å²) in [7, 11) is 0. The summed E-state index contributed by atoms with van der Waals surface area (Å²) >= 11 is 0. The minimum atomic E-state index is -0.895. The molecule has 0 N–H and O–H groups in total. The van der Waals surface area contributed by atoms with Crippen molar-refractivity contribution < 1.29 is 23.9 Å². The van der Waals surface area contributed by atoms with Crippen molar-refractivity contribution in [2.45, 2.75) is 65.6 Å². The molecule has 0 aliphatic carbocycles. The highest BCUT2D eigenvalue weighted by Crippen LogP contribution is 2.23. The SMILES string of the molecule is CC(=O)CCCC(OC(C)=O)C(C)(C)OC(C)=O. The van der Waals surface area contributed by atoms with Gasteiger partial charge in [0.05, 0.1) is 0 Å². The normalized spacial score (nSPS) is 12.7. The third-order valence-corrected chi connectivity index (χ3v) is 2.49. The van der Waals surface area contributed by atoms with Crippen molar-refractivity contribution in [2.24, 2.45) is 0 Å². The highest BCUT2D eigenvalue weighted by Gasteiger charge is 2.34. The number of carbonyl (C=O) groups excluding carboxylic acids is 3. The predicted molar refractivity (Wildman–Crippen MR) is 65.9 cm³/mol. The number of hydrogen-bond acceptors (Lipinski definition) is 5. The van der Waals surface area contributed by atoms with Gasteiger partial charge in [0.15, 0.2) is 0 Å². The van der Waals surface area contributed by atoms with Crippen LogP contribution < -0.4 is 0 Å². The van der Waals surface area contributed by atoms with Crippen LogP contribution in [-0.2, 0) is 23.9 Å². The van der Waals surface area contributed by atoms with Gasteiger partial charge in [-0.15, -0.1) is 0 Å². The van der Waals surface area contributed by atoms with E-state index < -0.39 is 23.6 Å². The Bertz CT molecular complexity index is 319. The van der Waals surface area contributed by atoms with Crippen molar-refractivity contribution in [3.05, 3.63) is 0 Å². The molecule has 0 fully saturated rings. The van der Waals surface area contributed by atoms with Crippen molar-refractivity contribution in [2.75, 3.05) is 0 Å². The number of ether oxygens (including phenoxy) is 2. The number of rotatable bonds is 7. The van der Waals surface area contributed by atoms with Gasteiger partial charge >= 0.3 is 11.9 Å². The molecule has 5 heteroatoms. The van der Waals surface area contributed by atoms with E-state index in [1.165, 1.54) is 20.8 Å². The molecule has 0 bridgehead atoms. The molecule has 18 heavy (non-hydrogen) atoms. The maximum Gasteiger partial charge on any atom is 0.303 e. The van der Waals surface area contributed by atoms with Crippen LogP contribution in [0.25, 0.3) is 0 Å². The van der Waals surface area contributed by atoms with E-state index >= 15 is 0 Å². The highest BCUT2D eigenvalue weighted by molar-refractivity contribution is 5.75. The average molecular weight is 258 g/mol. The summed E-state index contributed by atoms with van der Waals surface area (Å²) in [6, 6.07) is 0. The van der Waals surface area contributed by atoms with E-state index in [-0.39, 0.29) is 5.78 Å². The Morgan fingerprint density at radius 1 is 1.06 bits per heavy atom. The van der Waals surface area contributed by atoms with Gasteiger partial charge in [-0.1, -0.05) is 0 Å². The molecular formula is C13H22O5. The van der Waals surface area contributed by atoms with Gasteiger partial charge < -0.3 is 14.3 Å². The van der Waals surface area contributed by atoms with E-state index in [4.69, 9.17) is 9.47 Å². The van der Waals surface area contributed by atoms with Gasteiger partial charge in [-0.2, -0.15) is 0 Å². The summed E-state index contributed by atoms with van der Waals surface area (Å²) in [6.45, 7) is 7.51. The Balaban J connectivity index is 4.59. The first-order valence-corrected chi connectivity index (χ1v) is 6.01. The number of ketones is 1. The number of carbonyl (C=O) groups is 3. The minimum Gasteiger partial charge on any atom is -0.458 e. The minimum absolute atomic E-state index is 0.0851. The predicted octanol–water partition coefficient (Wildman–Crippen LogP) is 2.02. The fourth-order valence-corrected chi connectivity index (χ4v) is 1.72. The lowest BCUT2D eigenvalue weighted by atomic mass is 9.95. The standard InChI is InChI=1S/C13H22O5/c1-9(14)7-6-8-12(17-10(2)15)13(4,5)18-11(3)16/h12H,6-8H2,1-5H3. The van der Waals surface area contributed by atoms with Crippen LogP contribution in [0, 0.1) is 0 Å². The first kappa shape index (κ1) is 16.6. The zero-order valence-electron chi connectivity index (χ0n) is 11.7. The molecule has 0 radical (unpaired) electrons. The molecule has 0 aromatic heterocycles. The maximum absolute atomic E-state index is 11.1. The second kappa shape index (κ2) is 7.13. The van der Waals surface area contributed by atoms with Crippen molar-refractivity contribution in [3.8, 4) is 0 Å². The molecule has 0 aliphatic heterocycles. The van der Waals surface area contributed by atoms with Crippen molar-refractivity contribution in [1.82, 2.24) is 0 Å². The topological polar surface area (TPSA) is 69.7 Å². The molecule has 0 aromatic rings. The van der Waals surface area contributed by atoms with Crippen LogP contribution in [0.5, 0.6) is 0 Å². The van der Waals surface area contributed by atoms with Crippen LogP contribution >= 0.6 is 0 Å². The molecule has 0 spiro atoms. The molecule has 0 amide bonds. The summed E-state index contributed by atoms with van der Waals surface area (Å²) in [6.07, 6.45) is 0.962. The maximum atomic E-state index is 11.1. The molecule has 0 saturated carbocycles. The first-order chi connectivity index (χ1) is 8.15. The van der Waals surface area contributed by atoms with Crippen LogP contribution in [-0.4, -0.2) is 29.4 Å². The number of esters is 2. The van der Waals surface area contributed by atoms with E-state index in [9.17, 15) is 14.4 Å². The van der Waals surface area contributed by atoms with Crippen LogP contribution in [0.4, 0.5) is 0 Å². The third-order valence-electron chi connectivity index (χ3n) is 2.49. The Labute approximate surface area is 108 Å². The smallest absolute Gasteiger partial charge is 0.303 e. The summed E-state index contributed by atoms with van der Waals surface area (Å²) in [5, 5.41) is 0. The van der Waals surface area contributed by atoms with E-state index in [1.807, 2.05) is 0 Å². The summed E-state index contributed by atoms with van der Waals surface area (Å²) in [5.74, 6) is -0.770. The lowest BCUT2D eigenvalue weighted by molar-refractivity contribution is -0.179. The second-order valence-electron chi connectivity index (χ2n) is 4.89. The van der Waals surface area contributed by atoms with Gasteiger partial charge in [-0.25, -0.2) is 0 Å². The molecule has 104 valence electrons. The van der Waals surface area contributed by atoms with Gasteiger partial charge in [0, 0.05) is 20.3 Å². The van der Waals surface area contributed by atoms with E-state index in [2.05, 4.69) is 0 Å². The summed E-state index contributed by atoms with van der Waals surface area (Å²) < 4.78 is 10.3. The largest absolute Gasteiger partial charge is 0.458 e. The Morgan fingerprint density at radius 3 is 2.00 bits per heavy atom. The van der Waals surface area contributed by atoms with E-state index in [1.54, 1.807) is 13.8 Å². The molecule has 0 heterocycles. The zero-order chi connectivity index (χ0) is 14.3. The lowest BCUT2D eigenvalue weighted by Gasteiger charge is -2.32. The van der Waals surface area contributed by atoms with Crippen LogP contribution in [0.1, 0.15) is 53.9 Å². The molecule has 0 saturated heterocycles. The Morgan fingerprint density at radius 2 is 1.61 bits per heavy atom. The van der Waals surface area contributed by atoms with Crippen LogP contribution in [0.15, 0.2) is 0 Å². The third kappa shape index (κ3) is 7.04. The van der Waals surface area contributed by atoms with E-state index in [0.717, 1.165) is 0 Å². The highest BCUT2D eigenvalue weighted by atomic mass is 16.6. The molecule has 0 aromatic carbocycles. The molecule has 0 aliphatic rings. The Hall–Kier alpha value is -1.39. The van der Waals surface area contributed by atoms with Crippen molar-refractivity contribution >= 4 is 17.7 Å². The van der Waals surface area contributed by atoms with Gasteiger partial charge in [-0.3, -0.25) is 9.59 Å². The molecule has 5 nitrogen and oxygen atoms in total. The number of hydrogen-bond donors (Lipinski definition) is 0. The lowest BCUT2D eigenvalue weighted by Crippen LogP contribution is -2.43. The Kier molecular flexibility index (Phi) is 6.58. The molecular weight excluding hydrogens is 236 g/mol. The molecule has 1 atom stereocenters. The van der Waals surface area contributed by atoms with Crippen molar-refractivity contribution in [3.63, 3.8) is 0 Å². The van der Waals surface area contributed by atoms with Gasteiger partial charge in [-0.05, 0) is 33.6 Å². The summed E-state index contributed by atoms with van der Waals surface area (Å²) in [4.78, 5) is 33.0. The quantitative estimate of drug-likeness (QED) is 0.653. The average Bonchev–Trinajstić information content (AvgIpc) is 2.12. The fourth-order valence-electron chi connectivity index (χ4n) is 1.72. The zero-order valence-corrected chi connectivity index (χ0v) is 11.7. The monoisotopic (exact) mass is 258 g/mol. The van der Waals surface area contributed by atoms with Gasteiger partial charge in [0.2, 0.25) is 0 Å². The van der Waals surface area contributed by atoms with Crippen molar-refractivity contribution in [1.29, 1.82) is 0 Å². The second-order valence-corrected chi connectivity index (χ2v) is 4.89. The summed E-state index contributed by atoms with van der Waals surface area (Å²) in [5.41, 5.74) is -0.895. The van der Waals surface area contributed by atoms with Crippen LogP contribution in [0.3, 0.4) is 0 Å². The van der Waals surface area contributed by atoms with Gasteiger partial charge in [0.25, 0.3) is 0 Å². The van der Waals surface area contributed by atoms with Crippen LogP contribution in [0.2, 0.25) is 0 Å². The van der Waals surface area contributed by atoms with E-state index in [0.29, 0.717) is 19.3 Å². The van der Waals surface area contributed by atoms with Gasteiger partial charge in [0.1, 0.15) is 17.5 Å². The first-order valence-electron chi connectivity index (χ1n) is 6.01. The molecule has 1 unspecified atom stereocenters. The fraction of sp³-hybridized carbons (Fsp3) is 0.769. The number of Topliss-reactive ketones (excluding diaryl/α,β-unsaturated/α-hetero) is 1. The molecule has 0 rings (SSSR count).